The number of aryl methyl sites for hydroxylation is 1. The Morgan fingerprint density at radius 2 is 2.25 bits per heavy atom. The van der Waals surface area contributed by atoms with Crippen molar-refractivity contribution in [1.29, 1.82) is 0 Å². The lowest BCUT2D eigenvalue weighted by atomic mass is 9.77. The number of hydrogen-bond acceptors (Lipinski definition) is 3. The second-order valence-corrected chi connectivity index (χ2v) is 4.61. The highest BCUT2D eigenvalue weighted by molar-refractivity contribution is 5.29. The van der Waals surface area contributed by atoms with Crippen molar-refractivity contribution in [2.24, 2.45) is 18.7 Å². The lowest BCUT2D eigenvalue weighted by molar-refractivity contribution is 0.293. The Hall–Kier alpha value is -1.03. The van der Waals surface area contributed by atoms with Gasteiger partial charge in [-0.3, -0.25) is 4.68 Å². The molecule has 1 fully saturated rings. The van der Waals surface area contributed by atoms with Crippen LogP contribution in [-0.2, 0) is 7.05 Å². The summed E-state index contributed by atoms with van der Waals surface area (Å²) in [5.41, 5.74) is 7.09. The van der Waals surface area contributed by atoms with E-state index in [0.29, 0.717) is 11.8 Å². The smallest absolute Gasteiger partial charge is 0.160 e. The van der Waals surface area contributed by atoms with Crippen LogP contribution in [0.2, 0.25) is 0 Å². The molecule has 0 saturated heterocycles. The highest BCUT2D eigenvalue weighted by Crippen LogP contribution is 2.40. The monoisotopic (exact) mass is 223 g/mol. The van der Waals surface area contributed by atoms with Crippen molar-refractivity contribution >= 4 is 0 Å². The van der Waals surface area contributed by atoms with E-state index in [1.54, 1.807) is 13.3 Å². The molecule has 1 aromatic heterocycles. The Morgan fingerprint density at radius 3 is 2.94 bits per heavy atom. The van der Waals surface area contributed by atoms with Gasteiger partial charge < -0.3 is 10.5 Å². The molecule has 0 aliphatic heterocycles. The first kappa shape index (κ1) is 11.5. The van der Waals surface area contributed by atoms with Crippen LogP contribution in [0.5, 0.6) is 5.75 Å². The van der Waals surface area contributed by atoms with Gasteiger partial charge >= 0.3 is 0 Å². The van der Waals surface area contributed by atoms with E-state index in [9.17, 15) is 0 Å². The maximum Gasteiger partial charge on any atom is 0.160 e. The number of ether oxygens (including phenoxy) is 1. The molecule has 4 nitrogen and oxygen atoms in total. The first-order chi connectivity index (χ1) is 7.77. The van der Waals surface area contributed by atoms with E-state index < -0.39 is 0 Å². The van der Waals surface area contributed by atoms with Crippen molar-refractivity contribution in [3.05, 3.63) is 11.9 Å². The van der Waals surface area contributed by atoms with Gasteiger partial charge in [0.15, 0.2) is 5.75 Å². The van der Waals surface area contributed by atoms with Crippen LogP contribution in [0, 0.1) is 5.92 Å². The molecule has 1 saturated carbocycles. The molecule has 1 aromatic rings. The number of rotatable bonds is 3. The minimum Gasteiger partial charge on any atom is -0.493 e. The van der Waals surface area contributed by atoms with Crippen LogP contribution in [-0.4, -0.2) is 23.4 Å². The molecule has 2 rings (SSSR count). The van der Waals surface area contributed by atoms with Crippen LogP contribution in [0.25, 0.3) is 0 Å². The summed E-state index contributed by atoms with van der Waals surface area (Å²) in [5.74, 6) is 2.01. The van der Waals surface area contributed by atoms with Crippen LogP contribution in [0.4, 0.5) is 0 Å². The zero-order chi connectivity index (χ0) is 11.5. The van der Waals surface area contributed by atoms with Crippen molar-refractivity contribution < 1.29 is 4.74 Å². The normalized spacial score (nSPS) is 25.7. The average molecular weight is 223 g/mol. The maximum absolute atomic E-state index is 5.87. The quantitative estimate of drug-likeness (QED) is 0.848. The van der Waals surface area contributed by atoms with Crippen molar-refractivity contribution in [2.45, 2.75) is 31.6 Å². The molecule has 4 heteroatoms. The molecule has 2 atom stereocenters. The SMILES string of the molecule is COc1cnn(C)c1C1CCCCC1CN. The molecule has 0 bridgehead atoms. The molecule has 1 heterocycles. The third-order valence-electron chi connectivity index (χ3n) is 3.73. The van der Waals surface area contributed by atoms with Gasteiger partial charge in [0, 0.05) is 13.0 Å². The number of aromatic nitrogens is 2. The molecular formula is C12H21N3O. The Morgan fingerprint density at radius 1 is 1.50 bits per heavy atom. The lowest BCUT2D eigenvalue weighted by Gasteiger charge is -2.31. The van der Waals surface area contributed by atoms with Gasteiger partial charge in [-0.05, 0) is 25.3 Å². The third-order valence-corrected chi connectivity index (χ3v) is 3.73. The average Bonchev–Trinajstić information content (AvgIpc) is 2.70. The number of methoxy groups -OCH3 is 1. The number of hydrogen-bond donors (Lipinski definition) is 1. The summed E-state index contributed by atoms with van der Waals surface area (Å²) in [6.07, 6.45) is 6.83. The predicted molar refractivity (Wildman–Crippen MR) is 63.5 cm³/mol. The molecular weight excluding hydrogens is 202 g/mol. The van der Waals surface area contributed by atoms with Crippen molar-refractivity contribution in [3.8, 4) is 5.75 Å². The molecule has 16 heavy (non-hydrogen) atoms. The summed E-state index contributed by atoms with van der Waals surface area (Å²) in [6, 6.07) is 0. The summed E-state index contributed by atoms with van der Waals surface area (Å²) in [7, 11) is 3.70. The van der Waals surface area contributed by atoms with Crippen LogP contribution < -0.4 is 10.5 Å². The Bertz CT molecular complexity index is 348. The van der Waals surface area contributed by atoms with Crippen molar-refractivity contribution in [1.82, 2.24) is 9.78 Å². The van der Waals surface area contributed by atoms with Gasteiger partial charge in [-0.15, -0.1) is 0 Å². The Kier molecular flexibility index (Phi) is 3.49. The molecule has 1 aliphatic carbocycles. The molecule has 90 valence electrons. The zero-order valence-electron chi connectivity index (χ0n) is 10.1. The van der Waals surface area contributed by atoms with Gasteiger partial charge in [0.05, 0.1) is 19.0 Å². The molecule has 0 amide bonds. The van der Waals surface area contributed by atoms with Gasteiger partial charge in [0.1, 0.15) is 0 Å². The van der Waals surface area contributed by atoms with E-state index in [-0.39, 0.29) is 0 Å². The predicted octanol–water partition coefficient (Wildman–Crippen LogP) is 1.66. The van der Waals surface area contributed by atoms with E-state index >= 15 is 0 Å². The Balaban J connectivity index is 2.29. The third kappa shape index (κ3) is 1.94. The second-order valence-electron chi connectivity index (χ2n) is 4.61. The molecule has 2 unspecified atom stereocenters. The fourth-order valence-electron chi connectivity index (χ4n) is 2.86. The van der Waals surface area contributed by atoms with Gasteiger partial charge in [-0.1, -0.05) is 12.8 Å². The molecule has 0 radical (unpaired) electrons. The molecule has 0 aromatic carbocycles. The summed E-state index contributed by atoms with van der Waals surface area (Å²) in [6.45, 7) is 0.763. The summed E-state index contributed by atoms with van der Waals surface area (Å²) < 4.78 is 7.33. The van der Waals surface area contributed by atoms with Gasteiger partial charge in [-0.2, -0.15) is 5.10 Å². The largest absolute Gasteiger partial charge is 0.493 e. The highest BCUT2D eigenvalue weighted by Gasteiger charge is 2.30. The van der Waals surface area contributed by atoms with Crippen LogP contribution in [0.15, 0.2) is 6.20 Å². The first-order valence-corrected chi connectivity index (χ1v) is 6.04. The fraction of sp³-hybridized carbons (Fsp3) is 0.750. The maximum atomic E-state index is 5.87. The summed E-state index contributed by atoms with van der Waals surface area (Å²) in [4.78, 5) is 0. The summed E-state index contributed by atoms with van der Waals surface area (Å²) >= 11 is 0. The van der Waals surface area contributed by atoms with Crippen LogP contribution >= 0.6 is 0 Å². The lowest BCUT2D eigenvalue weighted by Crippen LogP contribution is -2.27. The van der Waals surface area contributed by atoms with Crippen molar-refractivity contribution in [3.63, 3.8) is 0 Å². The van der Waals surface area contributed by atoms with Gasteiger partial charge in [0.25, 0.3) is 0 Å². The topological polar surface area (TPSA) is 53.1 Å². The first-order valence-electron chi connectivity index (χ1n) is 6.04. The molecule has 1 aliphatic rings. The van der Waals surface area contributed by atoms with Crippen LogP contribution in [0.3, 0.4) is 0 Å². The standard InChI is InChI=1S/C12H21N3O/c1-15-12(11(16-2)8-14-15)10-6-4-3-5-9(10)7-13/h8-10H,3-7,13H2,1-2H3. The van der Waals surface area contributed by atoms with Crippen LogP contribution in [0.1, 0.15) is 37.3 Å². The zero-order valence-corrected chi connectivity index (χ0v) is 10.1. The van der Waals surface area contributed by atoms with E-state index in [2.05, 4.69) is 5.10 Å². The van der Waals surface area contributed by atoms with Gasteiger partial charge in [0.2, 0.25) is 0 Å². The molecule has 2 N–H and O–H groups in total. The van der Waals surface area contributed by atoms with E-state index in [1.165, 1.54) is 31.4 Å². The van der Waals surface area contributed by atoms with E-state index in [4.69, 9.17) is 10.5 Å². The van der Waals surface area contributed by atoms with E-state index in [0.717, 1.165) is 12.3 Å². The number of nitrogens with zero attached hydrogens (tertiary/aromatic N) is 2. The molecule has 0 spiro atoms. The Labute approximate surface area is 96.8 Å². The van der Waals surface area contributed by atoms with Crippen molar-refractivity contribution in [2.75, 3.05) is 13.7 Å². The second kappa shape index (κ2) is 4.87. The highest BCUT2D eigenvalue weighted by atomic mass is 16.5. The number of nitrogens with two attached hydrogens (primary N) is 1. The minimum absolute atomic E-state index is 0.515. The van der Waals surface area contributed by atoms with E-state index in [1.807, 2.05) is 11.7 Å². The summed E-state index contributed by atoms with van der Waals surface area (Å²) in [5, 5.41) is 4.28. The minimum atomic E-state index is 0.515. The fourth-order valence-corrected chi connectivity index (χ4v) is 2.86. The van der Waals surface area contributed by atoms with Gasteiger partial charge in [-0.25, -0.2) is 0 Å².